The number of nitrogens with zero attached hydrogens (tertiary/aromatic N) is 1. The highest BCUT2D eigenvalue weighted by molar-refractivity contribution is 6.33. The van der Waals surface area contributed by atoms with Crippen molar-refractivity contribution in [3.05, 3.63) is 63.4 Å². The Kier molecular flexibility index (Phi) is 2.99. The molecule has 3 rings (SSSR count). The summed E-state index contributed by atoms with van der Waals surface area (Å²) >= 11 is 5.80. The van der Waals surface area contributed by atoms with Gasteiger partial charge in [0.2, 0.25) is 0 Å². The molecule has 1 heterocycles. The SMILES string of the molecule is O=c1[nH]c(-c2cc(F)cc(F)c2Cl)nc2ccccc12. The van der Waals surface area contributed by atoms with Gasteiger partial charge in [-0.3, -0.25) is 4.79 Å². The maximum absolute atomic E-state index is 13.4. The van der Waals surface area contributed by atoms with Gasteiger partial charge in [-0.2, -0.15) is 0 Å². The minimum absolute atomic E-state index is 0.00650. The molecular formula is C14H7ClF2N2O. The Bertz CT molecular complexity index is 877. The molecule has 0 aliphatic heterocycles. The Morgan fingerprint density at radius 2 is 1.90 bits per heavy atom. The van der Waals surface area contributed by atoms with Crippen molar-refractivity contribution < 1.29 is 8.78 Å². The number of fused-ring (bicyclic) bond motifs is 1. The zero-order valence-electron chi connectivity index (χ0n) is 9.95. The van der Waals surface area contributed by atoms with Crippen LogP contribution in [0.4, 0.5) is 8.78 Å². The topological polar surface area (TPSA) is 45.8 Å². The molecule has 3 aromatic rings. The number of aromatic nitrogens is 2. The standard InChI is InChI=1S/C14H7ClF2N2O/c15-12-9(5-7(16)6-10(12)17)13-18-11-4-2-1-3-8(11)14(20)19-13/h1-6H,(H,18,19,20). The molecule has 0 bridgehead atoms. The molecule has 0 radical (unpaired) electrons. The second-order valence-corrected chi connectivity index (χ2v) is 4.56. The van der Waals surface area contributed by atoms with Gasteiger partial charge in [0.15, 0.2) is 0 Å². The summed E-state index contributed by atoms with van der Waals surface area (Å²) in [6, 6.07) is 8.36. The zero-order chi connectivity index (χ0) is 14.3. The zero-order valence-corrected chi connectivity index (χ0v) is 10.7. The lowest BCUT2D eigenvalue weighted by Crippen LogP contribution is -2.09. The van der Waals surface area contributed by atoms with E-state index < -0.39 is 17.2 Å². The number of hydrogen-bond donors (Lipinski definition) is 1. The fourth-order valence-corrected chi connectivity index (χ4v) is 2.14. The first kappa shape index (κ1) is 12.7. The maximum atomic E-state index is 13.4. The van der Waals surface area contributed by atoms with E-state index in [9.17, 15) is 13.6 Å². The molecule has 2 aromatic carbocycles. The van der Waals surface area contributed by atoms with Gasteiger partial charge in [-0.05, 0) is 18.2 Å². The Labute approximate surface area is 116 Å². The second kappa shape index (κ2) is 4.68. The van der Waals surface area contributed by atoms with Crippen LogP contribution in [0.5, 0.6) is 0 Å². The van der Waals surface area contributed by atoms with Crippen molar-refractivity contribution in [2.75, 3.05) is 0 Å². The van der Waals surface area contributed by atoms with Crippen LogP contribution in [0.1, 0.15) is 0 Å². The summed E-state index contributed by atoms with van der Waals surface area (Å²) in [7, 11) is 0. The molecular weight excluding hydrogens is 286 g/mol. The van der Waals surface area contributed by atoms with Crippen LogP contribution in [-0.4, -0.2) is 9.97 Å². The van der Waals surface area contributed by atoms with Gasteiger partial charge in [-0.15, -0.1) is 0 Å². The largest absolute Gasteiger partial charge is 0.306 e. The van der Waals surface area contributed by atoms with Crippen molar-refractivity contribution in [2.24, 2.45) is 0 Å². The molecule has 0 atom stereocenters. The molecule has 3 nitrogen and oxygen atoms in total. The number of aromatic amines is 1. The van der Waals surface area contributed by atoms with E-state index in [-0.39, 0.29) is 16.4 Å². The molecule has 0 amide bonds. The lowest BCUT2D eigenvalue weighted by atomic mass is 10.1. The van der Waals surface area contributed by atoms with Crippen LogP contribution < -0.4 is 5.56 Å². The number of H-pyrrole nitrogens is 1. The van der Waals surface area contributed by atoms with Gasteiger partial charge < -0.3 is 4.98 Å². The van der Waals surface area contributed by atoms with Crippen LogP contribution in [0.15, 0.2) is 41.2 Å². The smallest absolute Gasteiger partial charge is 0.259 e. The Hall–Kier alpha value is -2.27. The van der Waals surface area contributed by atoms with Crippen molar-refractivity contribution in [1.29, 1.82) is 0 Å². The molecule has 0 fully saturated rings. The molecule has 0 saturated carbocycles. The van der Waals surface area contributed by atoms with Gasteiger partial charge in [0, 0.05) is 11.6 Å². The molecule has 100 valence electrons. The van der Waals surface area contributed by atoms with Gasteiger partial charge in [0.1, 0.15) is 17.5 Å². The highest BCUT2D eigenvalue weighted by Gasteiger charge is 2.14. The quantitative estimate of drug-likeness (QED) is 0.698. The van der Waals surface area contributed by atoms with Crippen LogP contribution in [0.25, 0.3) is 22.3 Å². The van der Waals surface area contributed by atoms with Gasteiger partial charge in [-0.25, -0.2) is 13.8 Å². The van der Waals surface area contributed by atoms with Crippen LogP contribution >= 0.6 is 11.6 Å². The number of halogens is 3. The highest BCUT2D eigenvalue weighted by atomic mass is 35.5. The normalized spacial score (nSPS) is 10.9. The molecule has 6 heteroatoms. The van der Waals surface area contributed by atoms with Gasteiger partial charge in [0.25, 0.3) is 5.56 Å². The van der Waals surface area contributed by atoms with Crippen molar-refractivity contribution in [2.45, 2.75) is 0 Å². The summed E-state index contributed by atoms with van der Waals surface area (Å²) in [5.41, 5.74) is 0.0327. The first-order chi connectivity index (χ1) is 9.56. The summed E-state index contributed by atoms with van der Waals surface area (Å²) in [5.74, 6) is -1.67. The van der Waals surface area contributed by atoms with E-state index in [2.05, 4.69) is 9.97 Å². The third-order valence-corrected chi connectivity index (χ3v) is 3.25. The third-order valence-electron chi connectivity index (χ3n) is 2.86. The lowest BCUT2D eigenvalue weighted by Gasteiger charge is -2.06. The molecule has 0 aliphatic carbocycles. The number of hydrogen-bond acceptors (Lipinski definition) is 2. The van der Waals surface area contributed by atoms with Crippen molar-refractivity contribution in [3.63, 3.8) is 0 Å². The maximum Gasteiger partial charge on any atom is 0.259 e. The fraction of sp³-hybridized carbons (Fsp3) is 0. The molecule has 0 aliphatic rings. The molecule has 0 saturated heterocycles. The predicted molar refractivity (Wildman–Crippen MR) is 72.7 cm³/mol. The van der Waals surface area contributed by atoms with E-state index in [1.165, 1.54) is 0 Å². The molecule has 0 spiro atoms. The Morgan fingerprint density at radius 3 is 2.70 bits per heavy atom. The minimum Gasteiger partial charge on any atom is -0.306 e. The summed E-state index contributed by atoms with van der Waals surface area (Å²) in [5, 5.41) is 0.106. The van der Waals surface area contributed by atoms with E-state index in [0.29, 0.717) is 17.0 Å². The van der Waals surface area contributed by atoms with E-state index in [1.807, 2.05) is 0 Å². The second-order valence-electron chi connectivity index (χ2n) is 4.18. The number of benzene rings is 2. The summed E-state index contributed by atoms with van der Waals surface area (Å²) < 4.78 is 26.7. The summed E-state index contributed by atoms with van der Waals surface area (Å²) in [6.07, 6.45) is 0. The van der Waals surface area contributed by atoms with Gasteiger partial charge in [0.05, 0.1) is 15.9 Å². The van der Waals surface area contributed by atoms with Crippen molar-refractivity contribution >= 4 is 22.5 Å². The Balaban J connectivity index is 2.33. The minimum atomic E-state index is -0.905. The monoisotopic (exact) mass is 292 g/mol. The molecule has 1 N–H and O–H groups in total. The van der Waals surface area contributed by atoms with Crippen LogP contribution in [0, 0.1) is 11.6 Å². The number of rotatable bonds is 1. The highest BCUT2D eigenvalue weighted by Crippen LogP contribution is 2.28. The molecule has 1 aromatic heterocycles. The third kappa shape index (κ3) is 2.06. The van der Waals surface area contributed by atoms with Crippen molar-refractivity contribution in [1.82, 2.24) is 9.97 Å². The number of nitrogens with one attached hydrogen (secondary N) is 1. The van der Waals surface area contributed by atoms with E-state index in [4.69, 9.17) is 11.6 Å². The van der Waals surface area contributed by atoms with Gasteiger partial charge >= 0.3 is 0 Å². The first-order valence-corrected chi connectivity index (χ1v) is 6.08. The summed E-state index contributed by atoms with van der Waals surface area (Å²) in [6.45, 7) is 0. The predicted octanol–water partition coefficient (Wildman–Crippen LogP) is 3.52. The van der Waals surface area contributed by atoms with E-state index >= 15 is 0 Å². The average molecular weight is 293 g/mol. The summed E-state index contributed by atoms with van der Waals surface area (Å²) in [4.78, 5) is 18.6. The van der Waals surface area contributed by atoms with Crippen molar-refractivity contribution in [3.8, 4) is 11.4 Å². The molecule has 20 heavy (non-hydrogen) atoms. The van der Waals surface area contributed by atoms with E-state index in [1.54, 1.807) is 24.3 Å². The average Bonchev–Trinajstić information content (AvgIpc) is 2.43. The van der Waals surface area contributed by atoms with Crippen LogP contribution in [0.3, 0.4) is 0 Å². The Morgan fingerprint density at radius 1 is 1.15 bits per heavy atom. The van der Waals surface area contributed by atoms with Crippen LogP contribution in [0.2, 0.25) is 5.02 Å². The lowest BCUT2D eigenvalue weighted by molar-refractivity contribution is 0.584. The van der Waals surface area contributed by atoms with Crippen LogP contribution in [-0.2, 0) is 0 Å². The van der Waals surface area contributed by atoms with E-state index in [0.717, 1.165) is 6.07 Å². The first-order valence-electron chi connectivity index (χ1n) is 5.70. The van der Waals surface area contributed by atoms with Gasteiger partial charge in [-0.1, -0.05) is 23.7 Å². The molecule has 0 unspecified atom stereocenters. The number of para-hydroxylation sites is 1. The fourth-order valence-electron chi connectivity index (χ4n) is 1.94.